The summed E-state index contributed by atoms with van der Waals surface area (Å²) in [5, 5.41) is 5.09. The Morgan fingerprint density at radius 3 is 2.32 bits per heavy atom. The number of sulfone groups is 1. The van der Waals surface area contributed by atoms with Gasteiger partial charge in [-0.3, -0.25) is 5.32 Å². The van der Waals surface area contributed by atoms with Gasteiger partial charge in [-0.25, -0.2) is 13.2 Å². The Kier molecular flexibility index (Phi) is 4.51. The normalized spacial score (nSPS) is 11.2. The minimum Gasteiger partial charge on any atom is -0.428 e. The van der Waals surface area contributed by atoms with Crippen LogP contribution in [0, 0.1) is 13.8 Å². The Bertz CT molecular complexity index is 759. The maximum atomic E-state index is 11.8. The van der Waals surface area contributed by atoms with Crippen molar-refractivity contribution in [2.24, 2.45) is 0 Å². The van der Waals surface area contributed by atoms with Crippen LogP contribution in [0.15, 0.2) is 28.7 Å². The monoisotopic (exact) mass is 323 g/mol. The van der Waals surface area contributed by atoms with Crippen molar-refractivity contribution in [1.82, 2.24) is 4.98 Å². The number of hydrogen-bond acceptors (Lipinski definition) is 5. The highest BCUT2D eigenvalue weighted by Gasteiger charge is 2.10. The van der Waals surface area contributed by atoms with Gasteiger partial charge in [-0.05, 0) is 31.5 Å². The van der Waals surface area contributed by atoms with Gasteiger partial charge in [-0.1, -0.05) is 12.1 Å². The van der Waals surface area contributed by atoms with Crippen LogP contribution in [0.4, 0.5) is 16.5 Å². The van der Waals surface area contributed by atoms with Gasteiger partial charge in [-0.15, -0.1) is 0 Å². The number of urea groups is 1. The summed E-state index contributed by atoms with van der Waals surface area (Å²) in [6.07, 6.45) is 1.17. The molecule has 0 unspecified atom stereocenters. The van der Waals surface area contributed by atoms with Crippen molar-refractivity contribution in [3.8, 4) is 0 Å². The average Bonchev–Trinajstić information content (AvgIpc) is 2.68. The fraction of sp³-hybridized carbons (Fsp3) is 0.286. The van der Waals surface area contributed by atoms with E-state index in [1.165, 1.54) is 6.26 Å². The summed E-state index contributed by atoms with van der Waals surface area (Å²) >= 11 is 0. The summed E-state index contributed by atoms with van der Waals surface area (Å²) in [4.78, 5) is 15.8. The molecule has 7 nitrogen and oxygen atoms in total. The van der Waals surface area contributed by atoms with Gasteiger partial charge in [0.2, 0.25) is 0 Å². The molecule has 0 fully saturated rings. The highest BCUT2D eigenvalue weighted by Crippen LogP contribution is 2.14. The van der Waals surface area contributed by atoms with E-state index in [9.17, 15) is 13.2 Å². The number of aromatic nitrogens is 1. The number of rotatable bonds is 4. The van der Waals surface area contributed by atoms with Crippen LogP contribution in [0.5, 0.6) is 0 Å². The molecule has 2 rings (SSSR count). The van der Waals surface area contributed by atoms with E-state index in [0.29, 0.717) is 22.7 Å². The van der Waals surface area contributed by atoms with E-state index >= 15 is 0 Å². The van der Waals surface area contributed by atoms with Crippen molar-refractivity contribution >= 4 is 27.6 Å². The molecule has 0 atom stereocenters. The third kappa shape index (κ3) is 4.59. The van der Waals surface area contributed by atoms with Gasteiger partial charge in [0.05, 0.1) is 11.4 Å². The van der Waals surface area contributed by atoms with Crippen LogP contribution in [0.3, 0.4) is 0 Å². The molecule has 1 aromatic heterocycles. The predicted molar refractivity (Wildman–Crippen MR) is 83.6 cm³/mol. The highest BCUT2D eigenvalue weighted by atomic mass is 32.2. The number of carbonyl (C=O) groups is 1. The fourth-order valence-electron chi connectivity index (χ4n) is 1.77. The molecule has 0 radical (unpaired) electrons. The topological polar surface area (TPSA) is 101 Å². The molecular formula is C14H17N3O4S. The molecule has 0 spiro atoms. The average molecular weight is 323 g/mol. The first kappa shape index (κ1) is 16.0. The zero-order valence-electron chi connectivity index (χ0n) is 12.5. The standard InChI is InChI=1S/C14H17N3O4S/c1-9-10(2)21-14(15-9)17-13(18)16-12-6-4-11(5-7-12)8-22(3,19)20/h4-7H,8H2,1-3H3,(H2,15,16,17,18). The lowest BCUT2D eigenvalue weighted by Gasteiger charge is -2.06. The summed E-state index contributed by atoms with van der Waals surface area (Å²) in [5.74, 6) is 0.606. The van der Waals surface area contributed by atoms with Crippen LogP contribution in [-0.2, 0) is 15.6 Å². The second-order valence-electron chi connectivity index (χ2n) is 5.01. The number of hydrogen-bond donors (Lipinski definition) is 2. The van der Waals surface area contributed by atoms with Gasteiger partial charge in [0.25, 0.3) is 0 Å². The lowest BCUT2D eigenvalue weighted by atomic mass is 10.2. The number of nitrogens with zero attached hydrogens (tertiary/aromatic N) is 1. The third-order valence-electron chi connectivity index (χ3n) is 2.89. The van der Waals surface area contributed by atoms with Gasteiger partial charge in [0.1, 0.15) is 5.76 Å². The number of anilines is 2. The molecule has 0 bridgehead atoms. The lowest BCUT2D eigenvalue weighted by Crippen LogP contribution is -2.19. The van der Waals surface area contributed by atoms with Gasteiger partial charge in [-0.2, -0.15) is 4.98 Å². The molecule has 0 saturated carbocycles. The van der Waals surface area contributed by atoms with Crippen molar-refractivity contribution in [2.45, 2.75) is 19.6 Å². The van der Waals surface area contributed by atoms with Gasteiger partial charge in [0.15, 0.2) is 9.84 Å². The third-order valence-corrected chi connectivity index (χ3v) is 3.75. The summed E-state index contributed by atoms with van der Waals surface area (Å²) in [6, 6.07) is 6.20. The number of carbonyl (C=O) groups excluding carboxylic acids is 1. The largest absolute Gasteiger partial charge is 0.428 e. The van der Waals surface area contributed by atoms with Crippen molar-refractivity contribution < 1.29 is 17.6 Å². The van der Waals surface area contributed by atoms with Crippen LogP contribution < -0.4 is 10.6 Å². The molecule has 0 aliphatic heterocycles. The second-order valence-corrected chi connectivity index (χ2v) is 7.15. The van der Waals surface area contributed by atoms with Crippen molar-refractivity contribution in [3.63, 3.8) is 0 Å². The van der Waals surface area contributed by atoms with Crippen LogP contribution >= 0.6 is 0 Å². The van der Waals surface area contributed by atoms with Crippen molar-refractivity contribution in [1.29, 1.82) is 0 Å². The highest BCUT2D eigenvalue weighted by molar-refractivity contribution is 7.89. The molecule has 8 heteroatoms. The summed E-state index contributed by atoms with van der Waals surface area (Å²) in [6.45, 7) is 3.54. The Morgan fingerprint density at radius 2 is 1.82 bits per heavy atom. The molecule has 2 amide bonds. The first-order valence-corrected chi connectivity index (χ1v) is 8.58. The van der Waals surface area contributed by atoms with Crippen LogP contribution in [0.1, 0.15) is 17.0 Å². The van der Waals surface area contributed by atoms with Gasteiger partial charge < -0.3 is 9.73 Å². The zero-order valence-corrected chi connectivity index (χ0v) is 13.3. The SMILES string of the molecule is Cc1nc(NC(=O)Nc2ccc(CS(C)(=O)=O)cc2)oc1C. The van der Waals surface area contributed by atoms with Gasteiger partial charge in [0, 0.05) is 11.9 Å². The van der Waals surface area contributed by atoms with Crippen molar-refractivity contribution in [2.75, 3.05) is 16.9 Å². The molecule has 1 heterocycles. The molecule has 1 aromatic carbocycles. The molecule has 0 aliphatic carbocycles. The summed E-state index contributed by atoms with van der Waals surface area (Å²) in [7, 11) is -3.08. The number of amides is 2. The number of nitrogens with one attached hydrogen (secondary N) is 2. The van der Waals surface area contributed by atoms with E-state index in [4.69, 9.17) is 4.42 Å². The second kappa shape index (κ2) is 6.18. The minimum absolute atomic E-state index is 0.0334. The van der Waals surface area contributed by atoms with E-state index in [1.807, 2.05) is 0 Å². The smallest absolute Gasteiger partial charge is 0.327 e. The predicted octanol–water partition coefficient (Wildman–Crippen LogP) is 2.48. The summed E-state index contributed by atoms with van der Waals surface area (Å²) < 4.78 is 27.6. The molecule has 118 valence electrons. The van der Waals surface area contributed by atoms with E-state index < -0.39 is 15.9 Å². The Hall–Kier alpha value is -2.35. The number of oxazole rings is 1. The zero-order chi connectivity index (χ0) is 16.3. The molecule has 2 aromatic rings. The first-order chi connectivity index (χ1) is 10.2. The summed E-state index contributed by atoms with van der Waals surface area (Å²) in [5.41, 5.74) is 1.91. The van der Waals surface area contributed by atoms with Crippen molar-refractivity contribution in [3.05, 3.63) is 41.3 Å². The molecular weight excluding hydrogens is 306 g/mol. The van der Waals surface area contributed by atoms with Crippen LogP contribution in [0.25, 0.3) is 0 Å². The fourth-order valence-corrected chi connectivity index (χ4v) is 2.57. The Balaban J connectivity index is 1.97. The maximum Gasteiger partial charge on any atom is 0.327 e. The molecule has 0 saturated heterocycles. The van der Waals surface area contributed by atoms with E-state index in [2.05, 4.69) is 15.6 Å². The maximum absolute atomic E-state index is 11.8. The van der Waals surface area contributed by atoms with E-state index in [1.54, 1.807) is 38.1 Å². The van der Waals surface area contributed by atoms with E-state index in [0.717, 1.165) is 0 Å². The minimum atomic E-state index is -3.08. The molecule has 22 heavy (non-hydrogen) atoms. The first-order valence-electron chi connectivity index (χ1n) is 6.51. The number of aryl methyl sites for hydroxylation is 2. The lowest BCUT2D eigenvalue weighted by molar-refractivity contribution is 0.261. The van der Waals surface area contributed by atoms with Gasteiger partial charge >= 0.3 is 12.0 Å². The van der Waals surface area contributed by atoms with Crippen LogP contribution in [-0.4, -0.2) is 25.7 Å². The molecule has 2 N–H and O–H groups in total. The van der Waals surface area contributed by atoms with E-state index in [-0.39, 0.29) is 11.8 Å². The quantitative estimate of drug-likeness (QED) is 0.900. The Morgan fingerprint density at radius 1 is 1.18 bits per heavy atom. The van der Waals surface area contributed by atoms with Crippen LogP contribution in [0.2, 0.25) is 0 Å². The molecule has 0 aliphatic rings. The number of benzene rings is 1. The Labute approximate surface area is 128 Å².